The fourth-order valence-electron chi connectivity index (χ4n) is 5.47. The van der Waals surface area contributed by atoms with Crippen molar-refractivity contribution >= 4 is 0 Å². The smallest absolute Gasteiger partial charge is 0.0673 e. The van der Waals surface area contributed by atoms with Gasteiger partial charge in [0.15, 0.2) is 0 Å². The molecule has 2 N–H and O–H groups in total. The van der Waals surface area contributed by atoms with Crippen molar-refractivity contribution in [2.45, 2.75) is 72.5 Å². The van der Waals surface area contributed by atoms with Crippen LogP contribution in [0.15, 0.2) is 36.4 Å². The number of fused-ring (bicyclic) bond motifs is 1. The molecule has 2 aromatic carbocycles. The second-order valence-electron chi connectivity index (χ2n) is 8.97. The molecule has 2 heterocycles. The number of hydrogen-bond acceptors (Lipinski definition) is 3. The predicted molar refractivity (Wildman–Crippen MR) is 126 cm³/mol. The second-order valence-corrected chi connectivity index (χ2v) is 8.97. The molecule has 1 aliphatic rings. The normalized spacial score (nSPS) is 17.5. The zero-order chi connectivity index (χ0) is 22.1. The van der Waals surface area contributed by atoms with Gasteiger partial charge in [-0.15, -0.1) is 0 Å². The number of nitrogens with zero attached hydrogens (tertiary/aromatic N) is 2. The lowest BCUT2D eigenvalue weighted by molar-refractivity contribution is 0.0788. The van der Waals surface area contributed by atoms with Gasteiger partial charge >= 0.3 is 0 Å². The van der Waals surface area contributed by atoms with Crippen LogP contribution in [0.1, 0.15) is 70.2 Å². The maximum Gasteiger partial charge on any atom is 0.0673 e. The first-order valence-corrected chi connectivity index (χ1v) is 11.6. The number of aliphatic hydroxyl groups excluding tert-OH is 1. The van der Waals surface area contributed by atoms with Crippen molar-refractivity contribution in [3.63, 3.8) is 0 Å². The van der Waals surface area contributed by atoms with E-state index >= 15 is 0 Å². The minimum Gasteiger partial charge on any atom is -0.395 e. The van der Waals surface area contributed by atoms with Gasteiger partial charge in [0.1, 0.15) is 0 Å². The number of hydrogen-bond donors (Lipinski definition) is 2. The maximum atomic E-state index is 10.5. The lowest BCUT2D eigenvalue weighted by atomic mass is 9.83. The summed E-state index contributed by atoms with van der Waals surface area (Å²) in [5.41, 5.74) is 11.6. The van der Waals surface area contributed by atoms with Crippen molar-refractivity contribution in [2.24, 2.45) is 0 Å². The number of H-pyrrole nitrogens is 1. The summed E-state index contributed by atoms with van der Waals surface area (Å²) < 4.78 is 0. The summed E-state index contributed by atoms with van der Waals surface area (Å²) in [6, 6.07) is 13.4. The summed E-state index contributed by atoms with van der Waals surface area (Å²) in [6.07, 6.45) is 2.67. The Morgan fingerprint density at radius 3 is 2.32 bits per heavy atom. The minimum absolute atomic E-state index is 0.0646. The Bertz CT molecular complexity index is 1020. The van der Waals surface area contributed by atoms with Gasteiger partial charge in [0, 0.05) is 23.8 Å². The number of nitrogens with one attached hydrogen (secondary N) is 1. The average Bonchev–Trinajstić information content (AvgIpc) is 3.17. The standard InChI is InChI=1S/C27H35N3O/c1-6-23-26(24(7-2)29-28-23)27(25-18(4)12-17(3)13-19(25)5)30-15-21-11-9-8-10-20(21)14-22(30)16-31/h8-13,22,27,31H,6-7,14-16H2,1-5H3,(H,28,29)/t22-,27?/m1/s1. The summed E-state index contributed by atoms with van der Waals surface area (Å²) in [7, 11) is 0. The van der Waals surface area contributed by atoms with Crippen LogP contribution in [0.3, 0.4) is 0 Å². The van der Waals surface area contributed by atoms with E-state index in [0.717, 1.165) is 31.5 Å². The number of benzene rings is 2. The molecule has 0 aliphatic carbocycles. The van der Waals surface area contributed by atoms with Crippen LogP contribution in [0.5, 0.6) is 0 Å². The van der Waals surface area contributed by atoms with Crippen LogP contribution in [-0.4, -0.2) is 32.9 Å². The summed E-state index contributed by atoms with van der Waals surface area (Å²) >= 11 is 0. The molecule has 0 amide bonds. The van der Waals surface area contributed by atoms with Gasteiger partial charge in [0.2, 0.25) is 0 Å². The quantitative estimate of drug-likeness (QED) is 0.595. The van der Waals surface area contributed by atoms with Gasteiger partial charge in [0.25, 0.3) is 0 Å². The molecule has 0 radical (unpaired) electrons. The molecule has 0 saturated heterocycles. The third-order valence-electron chi connectivity index (χ3n) is 6.87. The number of aromatic nitrogens is 2. The first-order chi connectivity index (χ1) is 15.0. The fourth-order valence-corrected chi connectivity index (χ4v) is 5.47. The van der Waals surface area contributed by atoms with E-state index in [-0.39, 0.29) is 18.7 Å². The Kier molecular flexibility index (Phi) is 6.31. The van der Waals surface area contributed by atoms with E-state index in [2.05, 4.69) is 81.0 Å². The van der Waals surface area contributed by atoms with Crippen molar-refractivity contribution in [2.75, 3.05) is 6.61 Å². The van der Waals surface area contributed by atoms with Crippen molar-refractivity contribution in [1.82, 2.24) is 15.1 Å². The Hall–Kier alpha value is -2.43. The molecular weight excluding hydrogens is 382 g/mol. The molecule has 0 spiro atoms. The number of aryl methyl sites for hydroxylation is 5. The molecule has 4 heteroatoms. The molecule has 4 rings (SSSR count). The lowest BCUT2D eigenvalue weighted by Gasteiger charge is -2.43. The van der Waals surface area contributed by atoms with Gasteiger partial charge in [-0.3, -0.25) is 10.00 Å². The van der Waals surface area contributed by atoms with Crippen LogP contribution in [-0.2, 0) is 25.8 Å². The van der Waals surface area contributed by atoms with Crippen molar-refractivity contribution < 1.29 is 5.11 Å². The second kappa shape index (κ2) is 8.97. The zero-order valence-corrected chi connectivity index (χ0v) is 19.5. The van der Waals surface area contributed by atoms with Gasteiger partial charge < -0.3 is 5.11 Å². The summed E-state index contributed by atoms with van der Waals surface area (Å²) in [6.45, 7) is 12.0. The first-order valence-electron chi connectivity index (χ1n) is 11.6. The van der Waals surface area contributed by atoms with Gasteiger partial charge in [-0.05, 0) is 67.9 Å². The third-order valence-corrected chi connectivity index (χ3v) is 6.87. The van der Waals surface area contributed by atoms with Crippen LogP contribution < -0.4 is 0 Å². The van der Waals surface area contributed by atoms with Crippen LogP contribution in [0, 0.1) is 20.8 Å². The largest absolute Gasteiger partial charge is 0.395 e. The Morgan fingerprint density at radius 2 is 1.71 bits per heavy atom. The predicted octanol–water partition coefficient (Wildman–Crippen LogP) is 4.97. The fraction of sp³-hybridized carbons (Fsp3) is 0.444. The molecule has 1 aliphatic heterocycles. The van der Waals surface area contributed by atoms with E-state index < -0.39 is 0 Å². The van der Waals surface area contributed by atoms with E-state index in [1.165, 1.54) is 44.6 Å². The highest BCUT2D eigenvalue weighted by atomic mass is 16.3. The van der Waals surface area contributed by atoms with Crippen LogP contribution >= 0.6 is 0 Å². The molecule has 2 atom stereocenters. The van der Waals surface area contributed by atoms with E-state index in [0.29, 0.717) is 0 Å². The van der Waals surface area contributed by atoms with Crippen LogP contribution in [0.25, 0.3) is 0 Å². The molecular formula is C27H35N3O. The summed E-state index contributed by atoms with van der Waals surface area (Å²) in [4.78, 5) is 2.52. The summed E-state index contributed by atoms with van der Waals surface area (Å²) in [5.74, 6) is 0. The van der Waals surface area contributed by atoms with E-state index in [9.17, 15) is 5.11 Å². The molecule has 1 aromatic heterocycles. The molecule has 4 nitrogen and oxygen atoms in total. The van der Waals surface area contributed by atoms with E-state index in [1.807, 2.05) is 0 Å². The zero-order valence-electron chi connectivity index (χ0n) is 19.5. The molecule has 0 bridgehead atoms. The third kappa shape index (κ3) is 3.95. The number of rotatable bonds is 6. The number of aliphatic hydroxyl groups is 1. The van der Waals surface area contributed by atoms with Crippen molar-refractivity contribution in [1.29, 1.82) is 0 Å². The first kappa shape index (κ1) is 21.8. The lowest BCUT2D eigenvalue weighted by Crippen LogP contribution is -2.45. The van der Waals surface area contributed by atoms with Crippen LogP contribution in [0.2, 0.25) is 0 Å². The Morgan fingerprint density at radius 1 is 1.03 bits per heavy atom. The Labute approximate surface area is 186 Å². The highest BCUT2D eigenvalue weighted by Crippen LogP contribution is 2.41. The molecule has 31 heavy (non-hydrogen) atoms. The molecule has 0 fully saturated rings. The molecule has 164 valence electrons. The maximum absolute atomic E-state index is 10.5. The number of aromatic amines is 1. The van der Waals surface area contributed by atoms with E-state index in [4.69, 9.17) is 5.10 Å². The monoisotopic (exact) mass is 417 g/mol. The van der Waals surface area contributed by atoms with Crippen LogP contribution in [0.4, 0.5) is 0 Å². The highest BCUT2D eigenvalue weighted by molar-refractivity contribution is 5.47. The van der Waals surface area contributed by atoms with Crippen molar-refractivity contribution in [3.05, 3.63) is 86.7 Å². The highest BCUT2D eigenvalue weighted by Gasteiger charge is 2.37. The molecule has 0 saturated carbocycles. The van der Waals surface area contributed by atoms with Gasteiger partial charge in [-0.1, -0.05) is 55.8 Å². The van der Waals surface area contributed by atoms with Gasteiger partial charge in [-0.2, -0.15) is 5.10 Å². The Balaban J connectivity index is 1.95. The van der Waals surface area contributed by atoms with Gasteiger partial charge in [-0.25, -0.2) is 0 Å². The van der Waals surface area contributed by atoms with E-state index in [1.54, 1.807) is 0 Å². The molecule has 3 aromatic rings. The SMILES string of the molecule is CCc1n[nH]c(CC)c1C(c1c(C)cc(C)cc1C)N1Cc2ccccc2C[C@@H]1CO. The average molecular weight is 418 g/mol. The summed E-state index contributed by atoms with van der Waals surface area (Å²) in [5, 5.41) is 18.5. The van der Waals surface area contributed by atoms with Gasteiger partial charge in [0.05, 0.1) is 18.3 Å². The van der Waals surface area contributed by atoms with Crippen molar-refractivity contribution in [3.8, 4) is 0 Å². The topological polar surface area (TPSA) is 52.2 Å². The molecule has 1 unspecified atom stereocenters. The minimum atomic E-state index is 0.0646.